The summed E-state index contributed by atoms with van der Waals surface area (Å²) in [6.45, 7) is 3.41. The van der Waals surface area contributed by atoms with Crippen LogP contribution < -0.4 is 5.32 Å². The second-order valence-electron chi connectivity index (χ2n) is 4.81. The van der Waals surface area contributed by atoms with Crippen molar-refractivity contribution in [1.82, 2.24) is 10.3 Å². The summed E-state index contributed by atoms with van der Waals surface area (Å²) in [5.74, 6) is 0.997. The number of nitrogens with one attached hydrogen (secondary N) is 1. The van der Waals surface area contributed by atoms with Crippen molar-refractivity contribution in [2.24, 2.45) is 5.92 Å². The second-order valence-corrected chi connectivity index (χ2v) is 5.53. The highest BCUT2D eigenvalue weighted by atomic mass is 32.1. The topological polar surface area (TPSA) is 24.9 Å². The van der Waals surface area contributed by atoms with Crippen LogP contribution in [0, 0.1) is 5.92 Å². The first-order chi connectivity index (χ1) is 7.88. The molecule has 0 radical (unpaired) electrons. The molecular weight excluding hydrogens is 216 g/mol. The Hall–Kier alpha value is -0.410. The van der Waals surface area contributed by atoms with Gasteiger partial charge in [0.2, 0.25) is 0 Å². The maximum Gasteiger partial charge on any atom is 0.0794 e. The van der Waals surface area contributed by atoms with Crippen molar-refractivity contribution in [2.75, 3.05) is 6.54 Å². The smallest absolute Gasteiger partial charge is 0.0794 e. The third-order valence-corrected chi connectivity index (χ3v) is 4.36. The van der Waals surface area contributed by atoms with Crippen LogP contribution in [0.3, 0.4) is 0 Å². The Kier molecular flexibility index (Phi) is 4.79. The fraction of sp³-hybridized carbons (Fsp3) is 0.769. The van der Waals surface area contributed by atoms with Crippen molar-refractivity contribution in [3.63, 3.8) is 0 Å². The third kappa shape index (κ3) is 3.56. The normalized spacial score (nSPS) is 25.8. The average Bonchev–Trinajstić information content (AvgIpc) is 2.83. The van der Waals surface area contributed by atoms with E-state index in [1.54, 1.807) is 11.3 Å². The number of thiazole rings is 1. The molecule has 0 atom stereocenters. The third-order valence-electron chi connectivity index (χ3n) is 3.72. The average molecular weight is 238 g/mol. The lowest BCUT2D eigenvalue weighted by atomic mass is 9.84. The van der Waals surface area contributed by atoms with Gasteiger partial charge in [-0.3, -0.25) is 0 Å². The van der Waals surface area contributed by atoms with Gasteiger partial charge in [-0.2, -0.15) is 0 Å². The van der Waals surface area contributed by atoms with Crippen LogP contribution in [-0.4, -0.2) is 17.6 Å². The summed E-state index contributed by atoms with van der Waals surface area (Å²) in [5.41, 5.74) is 3.15. The molecule has 0 amide bonds. The van der Waals surface area contributed by atoms with Crippen LogP contribution in [-0.2, 0) is 6.42 Å². The Labute approximate surface area is 102 Å². The molecule has 1 aromatic rings. The molecule has 0 saturated heterocycles. The molecule has 0 aliphatic heterocycles. The maximum atomic E-state index is 4.30. The Morgan fingerprint density at radius 3 is 2.81 bits per heavy atom. The molecule has 0 bridgehead atoms. The lowest BCUT2D eigenvalue weighted by Crippen LogP contribution is -2.34. The van der Waals surface area contributed by atoms with E-state index in [0.29, 0.717) is 0 Å². The molecule has 1 heterocycles. The van der Waals surface area contributed by atoms with Crippen molar-refractivity contribution >= 4 is 11.3 Å². The Balaban J connectivity index is 1.60. The van der Waals surface area contributed by atoms with E-state index >= 15 is 0 Å². The Morgan fingerprint density at radius 1 is 1.38 bits per heavy atom. The zero-order valence-corrected chi connectivity index (χ0v) is 10.9. The van der Waals surface area contributed by atoms with Gasteiger partial charge >= 0.3 is 0 Å². The molecular formula is C13H22N2S. The molecule has 1 N–H and O–H groups in total. The van der Waals surface area contributed by atoms with Gasteiger partial charge in [0.1, 0.15) is 0 Å². The van der Waals surface area contributed by atoms with Crippen molar-refractivity contribution < 1.29 is 0 Å². The lowest BCUT2D eigenvalue weighted by Gasteiger charge is -2.28. The SMILES string of the molecule is CCC1CCC(NCCc2cscn2)CC1. The summed E-state index contributed by atoms with van der Waals surface area (Å²) in [6.07, 6.45) is 8.03. The molecule has 2 nitrogen and oxygen atoms in total. The predicted octanol–water partition coefficient (Wildman–Crippen LogP) is 3.24. The standard InChI is InChI=1S/C13H22N2S/c1-2-11-3-5-12(6-4-11)14-8-7-13-9-16-10-15-13/h9-12,14H,2-8H2,1H3. The summed E-state index contributed by atoms with van der Waals surface area (Å²) >= 11 is 1.69. The van der Waals surface area contributed by atoms with Gasteiger partial charge in [0.15, 0.2) is 0 Å². The summed E-state index contributed by atoms with van der Waals surface area (Å²) in [4.78, 5) is 4.30. The molecule has 0 aromatic carbocycles. The minimum Gasteiger partial charge on any atom is -0.314 e. The minimum atomic E-state index is 0.765. The van der Waals surface area contributed by atoms with Crippen LogP contribution >= 0.6 is 11.3 Å². The van der Waals surface area contributed by atoms with Gasteiger partial charge in [-0.25, -0.2) is 4.98 Å². The van der Waals surface area contributed by atoms with E-state index in [9.17, 15) is 0 Å². The quantitative estimate of drug-likeness (QED) is 0.852. The number of nitrogens with zero attached hydrogens (tertiary/aromatic N) is 1. The first-order valence-electron chi connectivity index (χ1n) is 6.49. The fourth-order valence-corrected chi connectivity index (χ4v) is 3.13. The maximum absolute atomic E-state index is 4.30. The first-order valence-corrected chi connectivity index (χ1v) is 7.43. The first kappa shape index (κ1) is 12.1. The Bertz CT molecular complexity index is 276. The van der Waals surface area contributed by atoms with Gasteiger partial charge in [0.25, 0.3) is 0 Å². The van der Waals surface area contributed by atoms with Gasteiger partial charge in [0, 0.05) is 24.4 Å². The lowest BCUT2D eigenvalue weighted by molar-refractivity contribution is 0.287. The van der Waals surface area contributed by atoms with E-state index < -0.39 is 0 Å². The fourth-order valence-electron chi connectivity index (χ4n) is 2.54. The van der Waals surface area contributed by atoms with Gasteiger partial charge in [-0.1, -0.05) is 13.3 Å². The minimum absolute atomic E-state index is 0.765. The molecule has 3 heteroatoms. The largest absolute Gasteiger partial charge is 0.314 e. The van der Waals surface area contributed by atoms with Crippen molar-refractivity contribution in [3.8, 4) is 0 Å². The van der Waals surface area contributed by atoms with Crippen LogP contribution in [0.2, 0.25) is 0 Å². The van der Waals surface area contributed by atoms with Crippen LogP contribution in [0.1, 0.15) is 44.7 Å². The van der Waals surface area contributed by atoms with Gasteiger partial charge < -0.3 is 5.32 Å². The summed E-state index contributed by atoms with van der Waals surface area (Å²) in [5, 5.41) is 5.82. The van der Waals surface area contributed by atoms with Gasteiger partial charge in [-0.05, 0) is 31.6 Å². The van der Waals surface area contributed by atoms with Gasteiger partial charge in [0.05, 0.1) is 11.2 Å². The summed E-state index contributed by atoms with van der Waals surface area (Å²) < 4.78 is 0. The van der Waals surface area contributed by atoms with Crippen LogP contribution in [0.15, 0.2) is 10.9 Å². The van der Waals surface area contributed by atoms with E-state index in [1.807, 2.05) is 5.51 Å². The van der Waals surface area contributed by atoms with Gasteiger partial charge in [-0.15, -0.1) is 11.3 Å². The molecule has 1 fully saturated rings. The molecule has 0 unspecified atom stereocenters. The monoisotopic (exact) mass is 238 g/mol. The molecule has 1 saturated carbocycles. The van der Waals surface area contributed by atoms with Crippen molar-refractivity contribution in [1.29, 1.82) is 0 Å². The van der Waals surface area contributed by atoms with Crippen LogP contribution in [0.4, 0.5) is 0 Å². The molecule has 2 rings (SSSR count). The van der Waals surface area contributed by atoms with E-state index in [1.165, 1.54) is 37.8 Å². The highest BCUT2D eigenvalue weighted by Crippen LogP contribution is 2.26. The number of rotatable bonds is 5. The highest BCUT2D eigenvalue weighted by Gasteiger charge is 2.18. The summed E-state index contributed by atoms with van der Waals surface area (Å²) in [6, 6.07) is 0.765. The highest BCUT2D eigenvalue weighted by molar-refractivity contribution is 7.07. The molecule has 0 spiro atoms. The molecule has 1 aliphatic rings. The zero-order valence-electron chi connectivity index (χ0n) is 10.1. The summed E-state index contributed by atoms with van der Waals surface area (Å²) in [7, 11) is 0. The van der Waals surface area contributed by atoms with Crippen molar-refractivity contribution in [3.05, 3.63) is 16.6 Å². The molecule has 1 aromatic heterocycles. The molecule has 1 aliphatic carbocycles. The van der Waals surface area contributed by atoms with Crippen LogP contribution in [0.25, 0.3) is 0 Å². The van der Waals surface area contributed by atoms with Crippen LogP contribution in [0.5, 0.6) is 0 Å². The number of hydrogen-bond acceptors (Lipinski definition) is 3. The molecule has 90 valence electrons. The zero-order chi connectivity index (χ0) is 11.2. The van der Waals surface area contributed by atoms with Crippen molar-refractivity contribution in [2.45, 2.75) is 51.5 Å². The molecule has 16 heavy (non-hydrogen) atoms. The van der Waals surface area contributed by atoms with E-state index in [2.05, 4.69) is 22.6 Å². The van der Waals surface area contributed by atoms with E-state index in [0.717, 1.165) is 24.9 Å². The predicted molar refractivity (Wildman–Crippen MR) is 69.9 cm³/mol. The number of aromatic nitrogens is 1. The van der Waals surface area contributed by atoms with E-state index in [-0.39, 0.29) is 0 Å². The Morgan fingerprint density at radius 2 is 2.19 bits per heavy atom. The second kappa shape index (κ2) is 6.36. The number of hydrogen-bond donors (Lipinski definition) is 1. The van der Waals surface area contributed by atoms with E-state index in [4.69, 9.17) is 0 Å².